The van der Waals surface area contributed by atoms with E-state index in [0.29, 0.717) is 22.3 Å². The summed E-state index contributed by atoms with van der Waals surface area (Å²) >= 11 is 0. The molecule has 0 saturated heterocycles. The van der Waals surface area contributed by atoms with E-state index in [1.807, 2.05) is 109 Å². The summed E-state index contributed by atoms with van der Waals surface area (Å²) in [6.45, 7) is 0. The highest BCUT2D eigenvalue weighted by atomic mass is 19.2. The summed E-state index contributed by atoms with van der Waals surface area (Å²) < 4.78 is 42.7. The van der Waals surface area contributed by atoms with Gasteiger partial charge < -0.3 is 0 Å². The molecule has 0 saturated carbocycles. The molecule has 214 valence electrons. The fourth-order valence-corrected chi connectivity index (χ4v) is 6.01. The van der Waals surface area contributed by atoms with E-state index >= 15 is 0 Å². The first-order valence-corrected chi connectivity index (χ1v) is 14.5. The number of hydrogen-bond acceptors (Lipinski definition) is 3. The van der Waals surface area contributed by atoms with E-state index < -0.39 is 17.5 Å². The van der Waals surface area contributed by atoms with E-state index in [1.54, 1.807) is 12.1 Å². The number of hydrogen-bond donors (Lipinski definition) is 0. The first-order valence-electron chi connectivity index (χ1n) is 14.5. The Morgan fingerprint density at radius 1 is 0.400 bits per heavy atom. The molecule has 3 nitrogen and oxygen atoms in total. The van der Waals surface area contributed by atoms with Crippen LogP contribution in [0.5, 0.6) is 0 Å². The minimum atomic E-state index is -1.50. The Balaban J connectivity index is 1.48. The van der Waals surface area contributed by atoms with Crippen molar-refractivity contribution in [1.82, 2.24) is 15.0 Å². The van der Waals surface area contributed by atoms with E-state index in [2.05, 4.69) is 0 Å². The van der Waals surface area contributed by atoms with E-state index in [-0.39, 0.29) is 5.56 Å². The van der Waals surface area contributed by atoms with Gasteiger partial charge >= 0.3 is 0 Å². The minimum Gasteiger partial charge on any atom is -0.247 e. The van der Waals surface area contributed by atoms with Crippen LogP contribution in [0.3, 0.4) is 0 Å². The lowest BCUT2D eigenvalue weighted by atomic mass is 9.93. The van der Waals surface area contributed by atoms with Crippen LogP contribution < -0.4 is 0 Å². The molecule has 0 N–H and O–H groups in total. The van der Waals surface area contributed by atoms with Crippen molar-refractivity contribution in [3.05, 3.63) is 151 Å². The summed E-state index contributed by atoms with van der Waals surface area (Å²) in [6.07, 6.45) is 0. The van der Waals surface area contributed by atoms with Crippen molar-refractivity contribution in [1.29, 1.82) is 0 Å². The van der Waals surface area contributed by atoms with E-state index in [9.17, 15) is 13.2 Å². The Bertz CT molecular complexity index is 2390. The Kier molecular flexibility index (Phi) is 6.34. The van der Waals surface area contributed by atoms with Gasteiger partial charge in [-0.15, -0.1) is 0 Å². The first-order chi connectivity index (χ1) is 22.1. The van der Waals surface area contributed by atoms with Crippen LogP contribution in [0.1, 0.15) is 0 Å². The maximum Gasteiger partial charge on any atom is 0.194 e. The van der Waals surface area contributed by atoms with Crippen molar-refractivity contribution in [2.24, 2.45) is 0 Å². The number of para-hydroxylation sites is 1. The van der Waals surface area contributed by atoms with Crippen molar-refractivity contribution >= 4 is 32.7 Å². The molecule has 45 heavy (non-hydrogen) atoms. The number of pyridine rings is 1. The van der Waals surface area contributed by atoms with E-state index in [1.165, 1.54) is 0 Å². The maximum atomic E-state index is 14.4. The van der Waals surface area contributed by atoms with Crippen LogP contribution in [-0.4, -0.2) is 15.0 Å². The lowest BCUT2D eigenvalue weighted by Gasteiger charge is -2.16. The topological polar surface area (TPSA) is 38.7 Å². The smallest absolute Gasteiger partial charge is 0.194 e. The molecule has 0 unspecified atom stereocenters. The molecule has 0 amide bonds. The number of aromatic nitrogens is 3. The van der Waals surface area contributed by atoms with Crippen LogP contribution in [0.2, 0.25) is 0 Å². The SMILES string of the molecule is Fc1cc(-c2ccccc2-c2nc3ccccc3c3c2ccc2nc(-c4ccccc4)c(-c4ccccc4)nc23)cc(F)c1F. The Morgan fingerprint density at radius 3 is 1.64 bits per heavy atom. The Labute approximate surface area is 256 Å². The normalized spacial score (nSPS) is 11.4. The van der Waals surface area contributed by atoms with E-state index in [4.69, 9.17) is 15.0 Å². The third-order valence-electron chi connectivity index (χ3n) is 8.07. The van der Waals surface area contributed by atoms with Gasteiger partial charge in [-0.3, -0.25) is 0 Å². The highest BCUT2D eigenvalue weighted by molar-refractivity contribution is 6.21. The molecule has 2 heterocycles. The van der Waals surface area contributed by atoms with Gasteiger partial charge in [0.1, 0.15) is 0 Å². The van der Waals surface area contributed by atoms with Gasteiger partial charge in [0.05, 0.1) is 33.6 Å². The van der Waals surface area contributed by atoms with Gasteiger partial charge in [-0.2, -0.15) is 0 Å². The number of fused-ring (bicyclic) bond motifs is 5. The predicted molar refractivity (Wildman–Crippen MR) is 174 cm³/mol. The summed E-state index contributed by atoms with van der Waals surface area (Å²) in [4.78, 5) is 15.6. The zero-order valence-corrected chi connectivity index (χ0v) is 23.7. The molecule has 0 radical (unpaired) electrons. The van der Waals surface area contributed by atoms with Crippen LogP contribution in [0, 0.1) is 17.5 Å². The highest BCUT2D eigenvalue weighted by Crippen LogP contribution is 2.41. The standard InChI is InChI=1S/C39H22F3N3/c40-30-21-25(22-31(41)35(30)42)26-15-7-8-16-27(26)38-29-19-20-33-39(34(29)28-17-9-10-18-32(28)43-38)45-37(24-13-5-2-6-14-24)36(44-33)23-11-3-1-4-12-23/h1-22H. The summed E-state index contributed by atoms with van der Waals surface area (Å²) in [5.74, 6) is -4.00. The molecule has 0 bridgehead atoms. The minimum absolute atomic E-state index is 0.213. The van der Waals surface area contributed by atoms with Crippen LogP contribution in [0.25, 0.3) is 77.6 Å². The summed E-state index contributed by atoms with van der Waals surface area (Å²) in [6, 6.07) is 41.0. The fraction of sp³-hybridized carbons (Fsp3) is 0. The van der Waals surface area contributed by atoms with Crippen molar-refractivity contribution in [2.45, 2.75) is 0 Å². The van der Waals surface area contributed by atoms with Crippen molar-refractivity contribution in [3.8, 4) is 44.9 Å². The second-order valence-corrected chi connectivity index (χ2v) is 10.8. The lowest BCUT2D eigenvalue weighted by Crippen LogP contribution is -1.98. The second-order valence-electron chi connectivity index (χ2n) is 10.8. The molecule has 0 aliphatic heterocycles. The highest BCUT2D eigenvalue weighted by Gasteiger charge is 2.21. The molecule has 0 spiro atoms. The van der Waals surface area contributed by atoms with Crippen LogP contribution in [0.15, 0.2) is 133 Å². The summed E-state index contributed by atoms with van der Waals surface area (Å²) in [5.41, 5.74) is 7.58. The van der Waals surface area contributed by atoms with Gasteiger partial charge in [0, 0.05) is 32.8 Å². The Hall–Kier alpha value is -5.88. The maximum absolute atomic E-state index is 14.4. The molecule has 0 fully saturated rings. The van der Waals surface area contributed by atoms with Gasteiger partial charge in [0.2, 0.25) is 0 Å². The van der Waals surface area contributed by atoms with Gasteiger partial charge in [0.15, 0.2) is 17.5 Å². The molecule has 2 aromatic heterocycles. The first kappa shape index (κ1) is 26.7. The largest absolute Gasteiger partial charge is 0.247 e. The summed E-state index contributed by atoms with van der Waals surface area (Å²) in [7, 11) is 0. The third-order valence-corrected chi connectivity index (χ3v) is 8.07. The number of halogens is 3. The van der Waals surface area contributed by atoms with Crippen molar-refractivity contribution < 1.29 is 13.2 Å². The molecule has 6 aromatic carbocycles. The van der Waals surface area contributed by atoms with Crippen LogP contribution in [-0.2, 0) is 0 Å². The molecule has 0 atom stereocenters. The number of benzene rings is 6. The molecule has 0 aliphatic carbocycles. The Morgan fingerprint density at radius 2 is 0.956 bits per heavy atom. The number of nitrogens with zero attached hydrogens (tertiary/aromatic N) is 3. The second kappa shape index (κ2) is 10.7. The molecular weight excluding hydrogens is 567 g/mol. The summed E-state index contributed by atoms with van der Waals surface area (Å²) in [5, 5.41) is 2.57. The molecule has 8 rings (SSSR count). The lowest BCUT2D eigenvalue weighted by molar-refractivity contribution is 0.448. The van der Waals surface area contributed by atoms with Crippen LogP contribution in [0.4, 0.5) is 13.2 Å². The van der Waals surface area contributed by atoms with Gasteiger partial charge in [-0.05, 0) is 41.5 Å². The molecule has 6 heteroatoms. The zero-order chi connectivity index (χ0) is 30.5. The van der Waals surface area contributed by atoms with Gasteiger partial charge in [0.25, 0.3) is 0 Å². The van der Waals surface area contributed by atoms with E-state index in [0.717, 1.165) is 61.8 Å². The molecule has 0 aliphatic rings. The van der Waals surface area contributed by atoms with Gasteiger partial charge in [-0.25, -0.2) is 28.1 Å². The van der Waals surface area contributed by atoms with Gasteiger partial charge in [-0.1, -0.05) is 103 Å². The predicted octanol–water partition coefficient (Wildman–Crippen LogP) is 10.4. The average Bonchev–Trinajstić information content (AvgIpc) is 3.10. The fourth-order valence-electron chi connectivity index (χ4n) is 6.01. The quantitative estimate of drug-likeness (QED) is 0.151. The zero-order valence-electron chi connectivity index (χ0n) is 23.7. The number of rotatable bonds is 4. The monoisotopic (exact) mass is 589 g/mol. The van der Waals surface area contributed by atoms with Crippen LogP contribution >= 0.6 is 0 Å². The van der Waals surface area contributed by atoms with Crippen molar-refractivity contribution in [2.75, 3.05) is 0 Å². The van der Waals surface area contributed by atoms with Crippen molar-refractivity contribution in [3.63, 3.8) is 0 Å². The molecular formula is C39H22F3N3. The molecule has 8 aromatic rings. The average molecular weight is 590 g/mol. The third kappa shape index (κ3) is 4.50.